The first-order valence-electron chi connectivity index (χ1n) is 7.88. The van der Waals surface area contributed by atoms with Crippen LogP contribution in [-0.2, 0) is 4.79 Å². The molecule has 0 amide bonds. The first-order valence-corrected chi connectivity index (χ1v) is 7.88. The van der Waals surface area contributed by atoms with Crippen LogP contribution in [0.5, 0.6) is 0 Å². The molecule has 0 aromatic rings. The van der Waals surface area contributed by atoms with Crippen LogP contribution in [0.25, 0.3) is 0 Å². The molecule has 0 saturated carbocycles. The van der Waals surface area contributed by atoms with E-state index in [9.17, 15) is 4.79 Å². The summed E-state index contributed by atoms with van der Waals surface area (Å²) in [4.78, 5) is 14.7. The fourth-order valence-corrected chi connectivity index (χ4v) is 3.00. The van der Waals surface area contributed by atoms with Crippen molar-refractivity contribution in [3.63, 3.8) is 0 Å². The van der Waals surface area contributed by atoms with Crippen LogP contribution in [0.2, 0.25) is 0 Å². The lowest BCUT2D eigenvalue weighted by molar-refractivity contribution is -0.123. The lowest BCUT2D eigenvalue weighted by atomic mass is 9.82. The Morgan fingerprint density at radius 2 is 1.95 bits per heavy atom. The van der Waals surface area contributed by atoms with Gasteiger partial charge in [0.15, 0.2) is 0 Å². The summed E-state index contributed by atoms with van der Waals surface area (Å²) in [6.45, 7) is 10.5. The van der Waals surface area contributed by atoms with E-state index >= 15 is 0 Å². The fraction of sp³-hybridized carbons (Fsp3) is 0.824. The Balaban J connectivity index is 2.42. The van der Waals surface area contributed by atoms with Gasteiger partial charge in [-0.2, -0.15) is 0 Å². The molecule has 1 heterocycles. The Labute approximate surface area is 119 Å². The number of carbonyl (C=O) groups is 1. The van der Waals surface area contributed by atoms with Crippen LogP contribution < -0.4 is 0 Å². The highest BCUT2D eigenvalue weighted by atomic mass is 16.1. The van der Waals surface area contributed by atoms with Gasteiger partial charge in [0.25, 0.3) is 0 Å². The molecule has 1 aliphatic rings. The van der Waals surface area contributed by atoms with Crippen LogP contribution in [0.15, 0.2) is 12.2 Å². The third kappa shape index (κ3) is 6.38. The number of rotatable bonds is 8. The third-order valence-corrected chi connectivity index (χ3v) is 4.35. The first-order chi connectivity index (χ1) is 9.02. The fourth-order valence-electron chi connectivity index (χ4n) is 3.00. The molecule has 2 nitrogen and oxygen atoms in total. The van der Waals surface area contributed by atoms with Crippen LogP contribution in [0.4, 0.5) is 0 Å². The maximum absolute atomic E-state index is 12.3. The van der Waals surface area contributed by atoms with Gasteiger partial charge in [-0.25, -0.2) is 0 Å². The molecule has 0 N–H and O–H groups in total. The van der Waals surface area contributed by atoms with Crippen molar-refractivity contribution in [2.24, 2.45) is 11.8 Å². The van der Waals surface area contributed by atoms with E-state index in [-0.39, 0.29) is 0 Å². The SMILES string of the molecule is C=C(C)CCC(=O)C(CCC)CC1CCN(C)CC1. The topological polar surface area (TPSA) is 20.3 Å². The Kier molecular flexibility index (Phi) is 7.37. The molecule has 0 aromatic heterocycles. The van der Waals surface area contributed by atoms with Crippen molar-refractivity contribution < 1.29 is 4.79 Å². The summed E-state index contributed by atoms with van der Waals surface area (Å²) in [6, 6.07) is 0. The minimum Gasteiger partial charge on any atom is -0.306 e. The zero-order valence-corrected chi connectivity index (χ0v) is 13.1. The molecule has 2 heteroatoms. The van der Waals surface area contributed by atoms with Crippen LogP contribution in [0.3, 0.4) is 0 Å². The van der Waals surface area contributed by atoms with Crippen LogP contribution >= 0.6 is 0 Å². The highest BCUT2D eigenvalue weighted by Gasteiger charge is 2.24. The zero-order chi connectivity index (χ0) is 14.3. The third-order valence-electron chi connectivity index (χ3n) is 4.35. The second-order valence-electron chi connectivity index (χ2n) is 6.39. The molecule has 0 spiro atoms. The van der Waals surface area contributed by atoms with Gasteiger partial charge < -0.3 is 4.90 Å². The van der Waals surface area contributed by atoms with Crippen molar-refractivity contribution in [3.8, 4) is 0 Å². The molecule has 110 valence electrons. The van der Waals surface area contributed by atoms with E-state index in [1.807, 2.05) is 6.92 Å². The molecular formula is C17H31NO. The maximum atomic E-state index is 12.3. The smallest absolute Gasteiger partial charge is 0.136 e. The average molecular weight is 265 g/mol. The number of nitrogens with zero attached hydrogens (tertiary/aromatic N) is 1. The summed E-state index contributed by atoms with van der Waals surface area (Å²) in [5.74, 6) is 1.54. The van der Waals surface area contributed by atoms with Crippen molar-refractivity contribution in [2.45, 2.75) is 58.8 Å². The van der Waals surface area contributed by atoms with Gasteiger partial charge in [0, 0.05) is 12.3 Å². The Bertz CT molecular complexity index is 290. The molecule has 1 unspecified atom stereocenters. The highest BCUT2D eigenvalue weighted by molar-refractivity contribution is 5.81. The summed E-state index contributed by atoms with van der Waals surface area (Å²) in [5.41, 5.74) is 1.13. The van der Waals surface area contributed by atoms with E-state index < -0.39 is 0 Å². The van der Waals surface area contributed by atoms with Crippen LogP contribution in [0, 0.1) is 11.8 Å². The van der Waals surface area contributed by atoms with Gasteiger partial charge >= 0.3 is 0 Å². The van der Waals surface area contributed by atoms with Gasteiger partial charge in [-0.15, -0.1) is 6.58 Å². The molecule has 0 radical (unpaired) electrons. The molecule has 0 aromatic carbocycles. The molecule has 1 atom stereocenters. The van der Waals surface area contributed by atoms with Crippen molar-refractivity contribution in [1.29, 1.82) is 0 Å². The molecule has 19 heavy (non-hydrogen) atoms. The minimum absolute atomic E-state index is 0.303. The minimum atomic E-state index is 0.303. The van der Waals surface area contributed by atoms with E-state index in [1.165, 1.54) is 25.9 Å². The molecule has 0 aliphatic carbocycles. The zero-order valence-electron chi connectivity index (χ0n) is 13.1. The monoisotopic (exact) mass is 265 g/mol. The van der Waals surface area contributed by atoms with Crippen molar-refractivity contribution in [1.82, 2.24) is 4.90 Å². The molecule has 1 rings (SSSR count). The number of likely N-dealkylation sites (tertiary alicyclic amines) is 1. The van der Waals surface area contributed by atoms with Crippen molar-refractivity contribution in [2.75, 3.05) is 20.1 Å². The number of piperidine rings is 1. The van der Waals surface area contributed by atoms with Gasteiger partial charge in [-0.3, -0.25) is 4.79 Å². The number of ketones is 1. The summed E-state index contributed by atoms with van der Waals surface area (Å²) in [6.07, 6.45) is 7.42. The predicted molar refractivity (Wildman–Crippen MR) is 82.3 cm³/mol. The van der Waals surface area contributed by atoms with Gasteiger partial charge in [0.2, 0.25) is 0 Å². The summed E-state index contributed by atoms with van der Waals surface area (Å²) in [7, 11) is 2.19. The maximum Gasteiger partial charge on any atom is 0.136 e. The van der Waals surface area contributed by atoms with Gasteiger partial charge in [-0.05, 0) is 65.1 Å². The predicted octanol–water partition coefficient (Wildman–Crippen LogP) is 4.06. The number of allylic oxidation sites excluding steroid dienone is 1. The van der Waals surface area contributed by atoms with Crippen LogP contribution in [-0.4, -0.2) is 30.8 Å². The van der Waals surface area contributed by atoms with Crippen molar-refractivity contribution >= 4 is 5.78 Å². The molecule has 1 fully saturated rings. The van der Waals surface area contributed by atoms with E-state index in [0.717, 1.165) is 37.2 Å². The molecular weight excluding hydrogens is 234 g/mol. The van der Waals surface area contributed by atoms with E-state index in [4.69, 9.17) is 0 Å². The van der Waals surface area contributed by atoms with Crippen molar-refractivity contribution in [3.05, 3.63) is 12.2 Å². The van der Waals surface area contributed by atoms with Gasteiger partial charge in [0.1, 0.15) is 5.78 Å². The molecule has 0 bridgehead atoms. The van der Waals surface area contributed by atoms with E-state index in [0.29, 0.717) is 18.1 Å². The lowest BCUT2D eigenvalue weighted by Crippen LogP contribution is -2.32. The Morgan fingerprint density at radius 3 is 2.47 bits per heavy atom. The standard InChI is InChI=1S/C17H31NO/c1-5-6-16(17(19)8-7-14(2)3)13-15-9-11-18(4)12-10-15/h15-16H,2,5-13H2,1,3-4H3. The second-order valence-corrected chi connectivity index (χ2v) is 6.39. The number of hydrogen-bond acceptors (Lipinski definition) is 2. The quantitative estimate of drug-likeness (QED) is 0.617. The Hall–Kier alpha value is -0.630. The lowest BCUT2D eigenvalue weighted by Gasteiger charge is -2.31. The summed E-state index contributed by atoms with van der Waals surface area (Å²) >= 11 is 0. The largest absolute Gasteiger partial charge is 0.306 e. The van der Waals surface area contributed by atoms with Crippen LogP contribution in [0.1, 0.15) is 58.8 Å². The second kappa shape index (κ2) is 8.52. The highest BCUT2D eigenvalue weighted by Crippen LogP contribution is 2.27. The van der Waals surface area contributed by atoms with E-state index in [2.05, 4.69) is 25.5 Å². The first kappa shape index (κ1) is 16.4. The van der Waals surface area contributed by atoms with E-state index in [1.54, 1.807) is 0 Å². The van der Waals surface area contributed by atoms with Gasteiger partial charge in [0.05, 0.1) is 0 Å². The number of Topliss-reactive ketones (excluding diaryl/α,β-unsaturated/α-hetero) is 1. The van der Waals surface area contributed by atoms with Gasteiger partial charge in [-0.1, -0.05) is 18.9 Å². The number of carbonyl (C=O) groups excluding carboxylic acids is 1. The molecule has 1 saturated heterocycles. The number of hydrogen-bond donors (Lipinski definition) is 0. The Morgan fingerprint density at radius 1 is 1.32 bits per heavy atom. The summed E-state index contributed by atoms with van der Waals surface area (Å²) in [5, 5.41) is 0. The normalized spacial score (nSPS) is 19.3. The average Bonchev–Trinajstić information content (AvgIpc) is 2.38. The molecule has 1 aliphatic heterocycles. The summed E-state index contributed by atoms with van der Waals surface area (Å²) < 4.78 is 0.